The highest BCUT2D eigenvalue weighted by atomic mass is 19.4. The summed E-state index contributed by atoms with van der Waals surface area (Å²) in [6, 6.07) is 10.5. The molecule has 1 N–H and O–H groups in total. The number of para-hydroxylation sites is 1. The van der Waals surface area contributed by atoms with Gasteiger partial charge in [-0.15, -0.1) is 0 Å². The first-order valence-electron chi connectivity index (χ1n) is 8.51. The van der Waals surface area contributed by atoms with Gasteiger partial charge in [-0.1, -0.05) is 18.2 Å². The van der Waals surface area contributed by atoms with E-state index in [4.69, 9.17) is 0 Å². The van der Waals surface area contributed by atoms with Crippen molar-refractivity contribution < 1.29 is 22.8 Å². The van der Waals surface area contributed by atoms with Gasteiger partial charge in [0, 0.05) is 18.7 Å². The van der Waals surface area contributed by atoms with Gasteiger partial charge in [-0.3, -0.25) is 9.59 Å². The van der Waals surface area contributed by atoms with E-state index >= 15 is 0 Å². The van der Waals surface area contributed by atoms with E-state index < -0.39 is 23.6 Å². The maximum Gasteiger partial charge on any atom is 0.418 e. The Morgan fingerprint density at radius 2 is 1.74 bits per heavy atom. The highest BCUT2D eigenvalue weighted by molar-refractivity contribution is 6.03. The second-order valence-electron chi connectivity index (χ2n) is 6.78. The minimum atomic E-state index is -4.57. The van der Waals surface area contributed by atoms with Gasteiger partial charge in [-0.2, -0.15) is 13.2 Å². The predicted molar refractivity (Wildman–Crippen MR) is 96.4 cm³/mol. The Balaban J connectivity index is 1.77. The zero-order valence-corrected chi connectivity index (χ0v) is 14.9. The van der Waals surface area contributed by atoms with Gasteiger partial charge in [0.25, 0.3) is 0 Å². The first kappa shape index (κ1) is 18.9. The molecule has 2 amide bonds. The second-order valence-corrected chi connectivity index (χ2v) is 6.78. The van der Waals surface area contributed by atoms with Gasteiger partial charge in [-0.05, 0) is 49.2 Å². The Morgan fingerprint density at radius 3 is 2.37 bits per heavy atom. The molecule has 1 aliphatic heterocycles. The van der Waals surface area contributed by atoms with Crippen LogP contribution in [0.25, 0.3) is 0 Å². The van der Waals surface area contributed by atoms with Crippen molar-refractivity contribution in [2.45, 2.75) is 26.4 Å². The van der Waals surface area contributed by atoms with Gasteiger partial charge < -0.3 is 10.2 Å². The quantitative estimate of drug-likeness (QED) is 0.868. The molecule has 1 unspecified atom stereocenters. The molecule has 1 fully saturated rings. The summed E-state index contributed by atoms with van der Waals surface area (Å²) in [4.78, 5) is 26.4. The van der Waals surface area contributed by atoms with Crippen molar-refractivity contribution in [2.75, 3.05) is 16.8 Å². The molecule has 1 atom stereocenters. The Hall–Kier alpha value is -2.83. The molecule has 1 heterocycles. The minimum absolute atomic E-state index is 0.0347. The molecule has 142 valence electrons. The van der Waals surface area contributed by atoms with Crippen LogP contribution in [0.1, 0.15) is 23.1 Å². The Kier molecular flexibility index (Phi) is 4.95. The molecule has 1 saturated heterocycles. The lowest BCUT2D eigenvalue weighted by atomic mass is 10.1. The fourth-order valence-corrected chi connectivity index (χ4v) is 3.31. The van der Waals surface area contributed by atoms with E-state index in [1.807, 2.05) is 32.0 Å². The molecule has 0 aromatic heterocycles. The summed E-state index contributed by atoms with van der Waals surface area (Å²) in [7, 11) is 0. The third-order valence-corrected chi connectivity index (χ3v) is 4.50. The van der Waals surface area contributed by atoms with Crippen molar-refractivity contribution >= 4 is 23.2 Å². The van der Waals surface area contributed by atoms with Gasteiger partial charge in [-0.25, -0.2) is 0 Å². The van der Waals surface area contributed by atoms with E-state index in [0.29, 0.717) is 5.69 Å². The number of nitrogens with one attached hydrogen (secondary N) is 1. The van der Waals surface area contributed by atoms with Crippen LogP contribution < -0.4 is 10.2 Å². The van der Waals surface area contributed by atoms with Gasteiger partial charge in [0.1, 0.15) is 0 Å². The zero-order chi connectivity index (χ0) is 19.8. The lowest BCUT2D eigenvalue weighted by Crippen LogP contribution is -2.28. The fourth-order valence-electron chi connectivity index (χ4n) is 3.31. The molecule has 0 saturated carbocycles. The van der Waals surface area contributed by atoms with Gasteiger partial charge in [0.05, 0.1) is 17.2 Å². The Morgan fingerprint density at radius 1 is 1.11 bits per heavy atom. The highest BCUT2D eigenvalue weighted by Crippen LogP contribution is 2.35. The summed E-state index contributed by atoms with van der Waals surface area (Å²) < 4.78 is 39.3. The summed E-state index contributed by atoms with van der Waals surface area (Å²) in [5.74, 6) is -1.52. The largest absolute Gasteiger partial charge is 0.418 e. The monoisotopic (exact) mass is 376 g/mol. The average molecular weight is 376 g/mol. The van der Waals surface area contributed by atoms with Crippen molar-refractivity contribution in [1.82, 2.24) is 0 Å². The first-order chi connectivity index (χ1) is 12.6. The van der Waals surface area contributed by atoms with Gasteiger partial charge in [0.15, 0.2) is 0 Å². The van der Waals surface area contributed by atoms with Crippen molar-refractivity contribution in [2.24, 2.45) is 5.92 Å². The number of alkyl halides is 3. The van der Waals surface area contributed by atoms with Crippen molar-refractivity contribution in [3.63, 3.8) is 0 Å². The van der Waals surface area contributed by atoms with Gasteiger partial charge in [0.2, 0.25) is 11.8 Å². The third-order valence-electron chi connectivity index (χ3n) is 4.50. The smallest absolute Gasteiger partial charge is 0.325 e. The summed E-state index contributed by atoms with van der Waals surface area (Å²) in [5, 5.41) is 2.34. The summed E-state index contributed by atoms with van der Waals surface area (Å²) in [5.41, 5.74) is 1.47. The number of halogens is 3. The topological polar surface area (TPSA) is 49.4 Å². The normalized spacial score (nSPS) is 17.3. The molecule has 0 spiro atoms. The molecule has 0 bridgehead atoms. The lowest BCUT2D eigenvalue weighted by Gasteiger charge is -2.18. The number of carbonyl (C=O) groups excluding carboxylic acids is 2. The predicted octanol–water partition coefficient (Wildman–Crippen LogP) is 4.31. The minimum Gasteiger partial charge on any atom is -0.325 e. The standard InChI is InChI=1S/C20H19F3N2O2/c1-12-7-13(2)9-15(8-12)25-11-14(10-18(25)26)19(27)24-17-6-4-3-5-16(17)20(21,22)23/h3-9,14H,10-11H2,1-2H3,(H,24,27). The number of hydrogen-bond acceptors (Lipinski definition) is 2. The summed E-state index contributed by atoms with van der Waals surface area (Å²) in [6.45, 7) is 3.96. The fraction of sp³-hybridized carbons (Fsp3) is 0.300. The van der Waals surface area contributed by atoms with Crippen LogP contribution in [0, 0.1) is 19.8 Å². The number of nitrogens with zero attached hydrogens (tertiary/aromatic N) is 1. The van der Waals surface area contributed by atoms with Gasteiger partial charge >= 0.3 is 6.18 Å². The van der Waals surface area contributed by atoms with Crippen LogP contribution in [0.3, 0.4) is 0 Å². The number of amides is 2. The molecule has 27 heavy (non-hydrogen) atoms. The van der Waals surface area contributed by atoms with Crippen LogP contribution in [0.4, 0.5) is 24.5 Å². The zero-order valence-electron chi connectivity index (χ0n) is 14.9. The molecule has 0 aliphatic carbocycles. The van der Waals surface area contributed by atoms with Crippen molar-refractivity contribution in [3.8, 4) is 0 Å². The van der Waals surface area contributed by atoms with Crippen LogP contribution in [-0.4, -0.2) is 18.4 Å². The van der Waals surface area contributed by atoms with E-state index in [2.05, 4.69) is 5.32 Å². The summed E-state index contributed by atoms with van der Waals surface area (Å²) in [6.07, 6.45) is -4.60. The van der Waals surface area contributed by atoms with Crippen molar-refractivity contribution in [1.29, 1.82) is 0 Å². The molecule has 2 aromatic carbocycles. The number of carbonyl (C=O) groups is 2. The number of rotatable bonds is 3. The van der Waals surface area contributed by atoms with E-state index in [0.717, 1.165) is 17.2 Å². The van der Waals surface area contributed by atoms with E-state index in [-0.39, 0.29) is 24.6 Å². The number of anilines is 2. The molecule has 1 aliphatic rings. The number of aryl methyl sites for hydroxylation is 2. The molecule has 3 rings (SSSR count). The molecular formula is C20H19F3N2O2. The molecule has 2 aromatic rings. The summed E-state index contributed by atoms with van der Waals surface area (Å²) >= 11 is 0. The number of benzene rings is 2. The molecular weight excluding hydrogens is 357 g/mol. The Bertz CT molecular complexity index is 873. The maximum atomic E-state index is 13.1. The second kappa shape index (κ2) is 7.06. The average Bonchev–Trinajstić information content (AvgIpc) is 2.95. The lowest BCUT2D eigenvalue weighted by molar-refractivity contribution is -0.137. The number of hydrogen-bond donors (Lipinski definition) is 1. The van der Waals surface area contributed by atoms with Crippen LogP contribution in [0.15, 0.2) is 42.5 Å². The van der Waals surface area contributed by atoms with Crippen LogP contribution >= 0.6 is 0 Å². The first-order valence-corrected chi connectivity index (χ1v) is 8.51. The SMILES string of the molecule is Cc1cc(C)cc(N2CC(C(=O)Nc3ccccc3C(F)(F)F)CC2=O)c1. The van der Waals surface area contributed by atoms with Crippen LogP contribution in [-0.2, 0) is 15.8 Å². The van der Waals surface area contributed by atoms with Crippen LogP contribution in [0.5, 0.6) is 0 Å². The van der Waals surface area contributed by atoms with Crippen molar-refractivity contribution in [3.05, 3.63) is 59.2 Å². The van der Waals surface area contributed by atoms with E-state index in [1.165, 1.54) is 23.1 Å². The van der Waals surface area contributed by atoms with Crippen LogP contribution in [0.2, 0.25) is 0 Å². The Labute approximate surface area is 155 Å². The highest BCUT2D eigenvalue weighted by Gasteiger charge is 2.37. The molecule has 0 radical (unpaired) electrons. The third kappa shape index (κ3) is 4.13. The van der Waals surface area contributed by atoms with E-state index in [9.17, 15) is 22.8 Å². The molecule has 7 heteroatoms. The van der Waals surface area contributed by atoms with E-state index in [1.54, 1.807) is 0 Å². The maximum absolute atomic E-state index is 13.1. The molecule has 4 nitrogen and oxygen atoms in total.